The summed E-state index contributed by atoms with van der Waals surface area (Å²) in [6.45, 7) is -0.737. The number of halogens is 1. The summed E-state index contributed by atoms with van der Waals surface area (Å²) >= 11 is 0. The third kappa shape index (κ3) is 1.90. The molecule has 0 amide bonds. The van der Waals surface area contributed by atoms with E-state index in [-0.39, 0.29) is 0 Å². The first-order valence-corrected chi connectivity index (χ1v) is 2.36. The summed E-state index contributed by atoms with van der Waals surface area (Å²) in [6.07, 6.45) is 0. The lowest BCUT2D eigenvalue weighted by Gasteiger charge is -2.15. The molecule has 0 bridgehead atoms. The van der Waals surface area contributed by atoms with Gasteiger partial charge in [-0.3, -0.25) is 4.84 Å². The van der Waals surface area contributed by atoms with Crippen molar-refractivity contribution in [1.82, 2.24) is 0 Å². The molecule has 0 aliphatic heterocycles. The van der Waals surface area contributed by atoms with Crippen molar-refractivity contribution in [3.05, 3.63) is 0 Å². The van der Waals surface area contributed by atoms with Gasteiger partial charge < -0.3 is 9.84 Å². The Kier molecular flexibility index (Phi) is 3.20. The van der Waals surface area contributed by atoms with Crippen LogP contribution in [0.5, 0.6) is 0 Å². The molecule has 0 spiro atoms. The Morgan fingerprint density at radius 2 is 2.40 bits per heavy atom. The number of carboxylic acid groups (broad SMARTS) is 1. The number of ether oxygens (including phenoxy) is 1. The standard InChI is InChI=1S/C4H8FNO4/c1-9-2-4(5,10-6)3(7)8/h2,6H2,1H3,(H,7,8)/t4-/m0/s1. The number of rotatable bonds is 4. The van der Waals surface area contributed by atoms with Crippen LogP contribution in [-0.2, 0) is 14.4 Å². The summed E-state index contributed by atoms with van der Waals surface area (Å²) < 4.78 is 16.8. The number of methoxy groups -OCH3 is 1. The number of alkyl halides is 1. The average molecular weight is 153 g/mol. The van der Waals surface area contributed by atoms with Gasteiger partial charge in [-0.1, -0.05) is 0 Å². The Balaban J connectivity index is 4.08. The molecule has 0 heterocycles. The van der Waals surface area contributed by atoms with Crippen molar-refractivity contribution in [3.8, 4) is 0 Å². The lowest BCUT2D eigenvalue weighted by Crippen LogP contribution is -2.43. The zero-order valence-electron chi connectivity index (χ0n) is 5.33. The Morgan fingerprint density at radius 1 is 1.90 bits per heavy atom. The SMILES string of the molecule is COC[C@](F)(ON)C(=O)O. The zero-order valence-corrected chi connectivity index (χ0v) is 5.33. The first kappa shape index (κ1) is 9.28. The van der Waals surface area contributed by atoms with Crippen LogP contribution in [0.3, 0.4) is 0 Å². The first-order chi connectivity index (χ1) is 4.56. The molecule has 6 heteroatoms. The van der Waals surface area contributed by atoms with E-state index >= 15 is 0 Å². The Morgan fingerprint density at radius 3 is 2.50 bits per heavy atom. The number of nitrogens with two attached hydrogens (primary N) is 1. The minimum absolute atomic E-state index is 0.737. The molecular weight excluding hydrogens is 145 g/mol. The second-order valence-corrected chi connectivity index (χ2v) is 1.58. The van der Waals surface area contributed by atoms with Gasteiger partial charge in [-0.15, -0.1) is 0 Å². The molecular formula is C4H8FNO4. The molecule has 0 aromatic rings. The molecule has 0 aromatic carbocycles. The van der Waals surface area contributed by atoms with Gasteiger partial charge >= 0.3 is 11.8 Å². The molecule has 0 unspecified atom stereocenters. The fraction of sp³-hybridized carbons (Fsp3) is 0.750. The smallest absolute Gasteiger partial charge is 0.373 e. The van der Waals surface area contributed by atoms with Crippen molar-refractivity contribution in [2.45, 2.75) is 5.85 Å². The van der Waals surface area contributed by atoms with Gasteiger partial charge in [0.05, 0.1) is 0 Å². The van der Waals surface area contributed by atoms with Crippen molar-refractivity contribution in [2.75, 3.05) is 13.7 Å². The summed E-state index contributed by atoms with van der Waals surface area (Å²) in [7, 11) is 1.14. The van der Waals surface area contributed by atoms with Crippen LogP contribution in [0.4, 0.5) is 4.39 Å². The molecule has 0 saturated carbocycles. The quantitative estimate of drug-likeness (QED) is 0.520. The fourth-order valence-electron chi connectivity index (χ4n) is 0.332. The molecule has 0 fully saturated rings. The maximum Gasteiger partial charge on any atom is 0.373 e. The molecule has 0 rings (SSSR count). The van der Waals surface area contributed by atoms with E-state index in [2.05, 4.69) is 15.5 Å². The van der Waals surface area contributed by atoms with E-state index < -0.39 is 18.4 Å². The lowest BCUT2D eigenvalue weighted by atomic mass is 10.3. The summed E-state index contributed by atoms with van der Waals surface area (Å²) in [5.41, 5.74) is 0. The Bertz CT molecular complexity index is 130. The highest BCUT2D eigenvalue weighted by atomic mass is 19.2. The number of carbonyl (C=O) groups is 1. The molecule has 0 aliphatic carbocycles. The average Bonchev–Trinajstić information content (AvgIpc) is 1.88. The van der Waals surface area contributed by atoms with E-state index in [1.165, 1.54) is 0 Å². The second kappa shape index (κ2) is 3.45. The second-order valence-electron chi connectivity index (χ2n) is 1.58. The Hall–Kier alpha value is -0.720. The summed E-state index contributed by atoms with van der Waals surface area (Å²) in [5.74, 6) is -0.386. The zero-order chi connectivity index (χ0) is 8.20. The topological polar surface area (TPSA) is 81.8 Å². The van der Waals surface area contributed by atoms with E-state index in [1.807, 2.05) is 0 Å². The Labute approximate surface area is 56.5 Å². The number of hydrogen-bond donors (Lipinski definition) is 2. The van der Waals surface area contributed by atoms with E-state index in [0.29, 0.717) is 0 Å². The normalized spacial score (nSPS) is 16.3. The predicted molar refractivity (Wildman–Crippen MR) is 28.6 cm³/mol. The molecule has 10 heavy (non-hydrogen) atoms. The third-order valence-corrected chi connectivity index (χ3v) is 0.836. The largest absolute Gasteiger partial charge is 0.477 e. The monoisotopic (exact) mass is 153 g/mol. The first-order valence-electron chi connectivity index (χ1n) is 2.36. The molecule has 0 aromatic heterocycles. The molecule has 0 aliphatic rings. The van der Waals surface area contributed by atoms with E-state index in [9.17, 15) is 9.18 Å². The number of carboxylic acids is 1. The van der Waals surface area contributed by atoms with Crippen molar-refractivity contribution >= 4 is 5.97 Å². The minimum Gasteiger partial charge on any atom is -0.477 e. The van der Waals surface area contributed by atoms with Crippen LogP contribution in [0.15, 0.2) is 0 Å². The van der Waals surface area contributed by atoms with Crippen LogP contribution in [0, 0.1) is 0 Å². The third-order valence-electron chi connectivity index (χ3n) is 0.836. The maximum atomic E-state index is 12.6. The molecule has 1 atom stereocenters. The van der Waals surface area contributed by atoms with Crippen molar-refractivity contribution in [1.29, 1.82) is 0 Å². The van der Waals surface area contributed by atoms with E-state index in [4.69, 9.17) is 5.11 Å². The van der Waals surface area contributed by atoms with Crippen LogP contribution >= 0.6 is 0 Å². The van der Waals surface area contributed by atoms with Gasteiger partial charge in [0, 0.05) is 7.11 Å². The molecule has 3 N–H and O–H groups in total. The number of aliphatic carboxylic acids is 1. The summed E-state index contributed by atoms with van der Waals surface area (Å²) in [6, 6.07) is 0. The van der Waals surface area contributed by atoms with Crippen molar-refractivity contribution in [3.63, 3.8) is 0 Å². The van der Waals surface area contributed by atoms with Gasteiger partial charge in [-0.25, -0.2) is 10.7 Å². The highest BCUT2D eigenvalue weighted by Gasteiger charge is 2.40. The van der Waals surface area contributed by atoms with Crippen LogP contribution in [0.25, 0.3) is 0 Å². The lowest BCUT2D eigenvalue weighted by molar-refractivity contribution is -0.209. The summed E-state index contributed by atoms with van der Waals surface area (Å²) in [5, 5.41) is 8.10. The van der Waals surface area contributed by atoms with Crippen LogP contribution in [-0.4, -0.2) is 30.6 Å². The summed E-state index contributed by atoms with van der Waals surface area (Å²) in [4.78, 5) is 13.5. The van der Waals surface area contributed by atoms with Gasteiger partial charge in [-0.2, -0.15) is 4.39 Å². The van der Waals surface area contributed by atoms with Gasteiger partial charge in [0.15, 0.2) is 0 Å². The van der Waals surface area contributed by atoms with Gasteiger partial charge in [0.2, 0.25) is 0 Å². The van der Waals surface area contributed by atoms with Crippen molar-refractivity contribution in [2.24, 2.45) is 5.90 Å². The highest BCUT2D eigenvalue weighted by Crippen LogP contribution is 2.10. The van der Waals surface area contributed by atoms with Crippen LogP contribution in [0.2, 0.25) is 0 Å². The van der Waals surface area contributed by atoms with Gasteiger partial charge in [-0.05, 0) is 0 Å². The molecule has 5 nitrogen and oxygen atoms in total. The highest BCUT2D eigenvalue weighted by molar-refractivity contribution is 5.75. The molecule has 0 saturated heterocycles. The van der Waals surface area contributed by atoms with Crippen LogP contribution in [0.1, 0.15) is 0 Å². The van der Waals surface area contributed by atoms with Crippen LogP contribution < -0.4 is 5.90 Å². The molecule has 0 radical (unpaired) electrons. The number of hydrogen-bond acceptors (Lipinski definition) is 4. The van der Waals surface area contributed by atoms with E-state index in [1.54, 1.807) is 0 Å². The maximum absolute atomic E-state index is 12.6. The van der Waals surface area contributed by atoms with Gasteiger partial charge in [0.25, 0.3) is 0 Å². The molecule has 60 valence electrons. The van der Waals surface area contributed by atoms with Gasteiger partial charge in [0.1, 0.15) is 6.61 Å². The van der Waals surface area contributed by atoms with Crippen molar-refractivity contribution < 1.29 is 23.9 Å². The fourth-order valence-corrected chi connectivity index (χ4v) is 0.332. The van der Waals surface area contributed by atoms with E-state index in [0.717, 1.165) is 7.11 Å². The predicted octanol–water partition coefficient (Wildman–Crippen LogP) is -0.726. The minimum atomic E-state index is -2.94.